The number of rotatable bonds is 4. The molecular weight excluding hydrogens is 164 g/mol. The molecule has 1 aromatic heterocycles. The summed E-state index contributed by atoms with van der Waals surface area (Å²) in [6.07, 6.45) is 1.72. The van der Waals surface area contributed by atoms with Gasteiger partial charge in [0, 0.05) is 13.1 Å². The van der Waals surface area contributed by atoms with E-state index in [1.807, 2.05) is 7.05 Å². The van der Waals surface area contributed by atoms with Crippen molar-refractivity contribution in [2.75, 3.05) is 0 Å². The zero-order chi connectivity index (χ0) is 9.84. The molecule has 0 aliphatic rings. The van der Waals surface area contributed by atoms with Crippen molar-refractivity contribution in [1.82, 2.24) is 20.1 Å². The van der Waals surface area contributed by atoms with Gasteiger partial charge in [-0.2, -0.15) is 5.10 Å². The Morgan fingerprint density at radius 3 is 2.62 bits per heavy atom. The maximum atomic E-state index is 4.19. The van der Waals surface area contributed by atoms with E-state index in [4.69, 9.17) is 0 Å². The molecule has 0 saturated carbocycles. The normalized spacial score (nSPS) is 13.6. The summed E-state index contributed by atoms with van der Waals surface area (Å²) in [5, 5.41) is 7.56. The van der Waals surface area contributed by atoms with E-state index >= 15 is 0 Å². The average molecular weight is 182 g/mol. The van der Waals surface area contributed by atoms with Crippen LogP contribution >= 0.6 is 0 Å². The van der Waals surface area contributed by atoms with E-state index in [1.54, 1.807) is 11.0 Å². The van der Waals surface area contributed by atoms with Gasteiger partial charge in [-0.25, -0.2) is 4.98 Å². The van der Waals surface area contributed by atoms with Crippen LogP contribution in [0.3, 0.4) is 0 Å². The lowest BCUT2D eigenvalue weighted by Gasteiger charge is -2.15. The summed E-state index contributed by atoms with van der Waals surface area (Å²) >= 11 is 0. The fourth-order valence-electron chi connectivity index (χ4n) is 0.953. The first-order chi connectivity index (χ1) is 6.09. The standard InChI is InChI=1S/C9H18N4/c1-7(2)8(3)10-5-9-11-6-13(4)12-9/h6-8,10H,5H2,1-4H3. The first-order valence-corrected chi connectivity index (χ1v) is 4.67. The Balaban J connectivity index is 2.35. The van der Waals surface area contributed by atoms with Crippen LogP contribution in [-0.4, -0.2) is 20.8 Å². The Bertz CT molecular complexity index is 254. The summed E-state index contributed by atoms with van der Waals surface area (Å²) in [7, 11) is 1.88. The number of hydrogen-bond donors (Lipinski definition) is 1. The molecule has 13 heavy (non-hydrogen) atoms. The van der Waals surface area contributed by atoms with Crippen LogP contribution in [-0.2, 0) is 13.6 Å². The Kier molecular flexibility index (Phi) is 3.42. The predicted molar refractivity (Wildman–Crippen MR) is 52.1 cm³/mol. The Hall–Kier alpha value is -0.900. The van der Waals surface area contributed by atoms with Crippen LogP contribution in [0, 0.1) is 5.92 Å². The van der Waals surface area contributed by atoms with Crippen LogP contribution in [0.15, 0.2) is 6.33 Å². The zero-order valence-electron chi connectivity index (χ0n) is 8.78. The van der Waals surface area contributed by atoms with Gasteiger partial charge in [-0.15, -0.1) is 0 Å². The molecule has 74 valence electrons. The summed E-state index contributed by atoms with van der Waals surface area (Å²) in [6, 6.07) is 0.504. The number of hydrogen-bond acceptors (Lipinski definition) is 3. The van der Waals surface area contributed by atoms with Crippen molar-refractivity contribution in [1.29, 1.82) is 0 Å². The second kappa shape index (κ2) is 4.37. The van der Waals surface area contributed by atoms with E-state index < -0.39 is 0 Å². The molecule has 0 amide bonds. The second-order valence-electron chi connectivity index (χ2n) is 3.75. The van der Waals surface area contributed by atoms with Gasteiger partial charge in [-0.1, -0.05) is 13.8 Å². The number of aryl methyl sites for hydroxylation is 1. The highest BCUT2D eigenvalue weighted by molar-refractivity contribution is 4.81. The molecule has 4 nitrogen and oxygen atoms in total. The molecule has 0 saturated heterocycles. The molecule has 0 radical (unpaired) electrons. The first kappa shape index (κ1) is 10.2. The fourth-order valence-corrected chi connectivity index (χ4v) is 0.953. The van der Waals surface area contributed by atoms with E-state index in [2.05, 4.69) is 36.2 Å². The van der Waals surface area contributed by atoms with E-state index in [9.17, 15) is 0 Å². The monoisotopic (exact) mass is 182 g/mol. The third-order valence-corrected chi connectivity index (χ3v) is 2.23. The third-order valence-electron chi connectivity index (χ3n) is 2.23. The van der Waals surface area contributed by atoms with Crippen molar-refractivity contribution < 1.29 is 0 Å². The van der Waals surface area contributed by atoms with E-state index in [0.717, 1.165) is 12.4 Å². The highest BCUT2D eigenvalue weighted by Crippen LogP contribution is 2.00. The molecule has 0 spiro atoms. The van der Waals surface area contributed by atoms with Crippen LogP contribution in [0.25, 0.3) is 0 Å². The fraction of sp³-hybridized carbons (Fsp3) is 0.778. The van der Waals surface area contributed by atoms with Gasteiger partial charge >= 0.3 is 0 Å². The van der Waals surface area contributed by atoms with Gasteiger partial charge in [-0.05, 0) is 12.8 Å². The Labute approximate surface area is 79.4 Å². The van der Waals surface area contributed by atoms with Gasteiger partial charge in [-0.3, -0.25) is 4.68 Å². The van der Waals surface area contributed by atoms with Gasteiger partial charge in [0.1, 0.15) is 6.33 Å². The Morgan fingerprint density at radius 2 is 2.15 bits per heavy atom. The van der Waals surface area contributed by atoms with Gasteiger partial charge < -0.3 is 5.32 Å². The lowest BCUT2D eigenvalue weighted by molar-refractivity contribution is 0.420. The number of nitrogens with one attached hydrogen (secondary N) is 1. The van der Waals surface area contributed by atoms with Gasteiger partial charge in [0.05, 0.1) is 6.54 Å². The van der Waals surface area contributed by atoms with Crippen molar-refractivity contribution in [3.63, 3.8) is 0 Å². The first-order valence-electron chi connectivity index (χ1n) is 4.67. The van der Waals surface area contributed by atoms with Crippen LogP contribution in [0.4, 0.5) is 0 Å². The maximum Gasteiger partial charge on any atom is 0.164 e. The van der Waals surface area contributed by atoms with Crippen molar-refractivity contribution >= 4 is 0 Å². The van der Waals surface area contributed by atoms with Crippen molar-refractivity contribution in [2.45, 2.75) is 33.4 Å². The van der Waals surface area contributed by atoms with Crippen LogP contribution in [0.5, 0.6) is 0 Å². The van der Waals surface area contributed by atoms with E-state index in [1.165, 1.54) is 0 Å². The average Bonchev–Trinajstić information content (AvgIpc) is 2.47. The number of nitrogens with zero attached hydrogens (tertiary/aromatic N) is 3. The molecule has 0 aliphatic heterocycles. The van der Waals surface area contributed by atoms with Gasteiger partial charge in [0.15, 0.2) is 5.82 Å². The SMILES string of the molecule is CC(C)C(C)NCc1ncn(C)n1. The summed E-state index contributed by atoms with van der Waals surface area (Å²) in [6.45, 7) is 7.32. The lowest BCUT2D eigenvalue weighted by Crippen LogP contribution is -2.30. The largest absolute Gasteiger partial charge is 0.307 e. The molecule has 1 aromatic rings. The molecule has 0 aromatic carbocycles. The molecule has 0 fully saturated rings. The third kappa shape index (κ3) is 3.14. The minimum atomic E-state index is 0.504. The van der Waals surface area contributed by atoms with Crippen LogP contribution in [0.1, 0.15) is 26.6 Å². The molecule has 1 heterocycles. The molecule has 4 heteroatoms. The van der Waals surface area contributed by atoms with Gasteiger partial charge in [0.25, 0.3) is 0 Å². The molecule has 1 atom stereocenters. The van der Waals surface area contributed by atoms with Crippen molar-refractivity contribution in [3.05, 3.63) is 12.2 Å². The van der Waals surface area contributed by atoms with Crippen molar-refractivity contribution in [3.8, 4) is 0 Å². The van der Waals surface area contributed by atoms with Crippen LogP contribution in [0.2, 0.25) is 0 Å². The summed E-state index contributed by atoms with van der Waals surface area (Å²) in [4.78, 5) is 4.14. The Morgan fingerprint density at radius 1 is 1.46 bits per heavy atom. The molecular formula is C9H18N4. The van der Waals surface area contributed by atoms with E-state index in [0.29, 0.717) is 12.0 Å². The van der Waals surface area contributed by atoms with E-state index in [-0.39, 0.29) is 0 Å². The smallest absolute Gasteiger partial charge is 0.164 e. The highest BCUT2D eigenvalue weighted by atomic mass is 15.3. The molecule has 1 N–H and O–H groups in total. The minimum absolute atomic E-state index is 0.504. The summed E-state index contributed by atoms with van der Waals surface area (Å²) in [5.41, 5.74) is 0. The molecule has 1 unspecified atom stereocenters. The molecule has 0 bridgehead atoms. The minimum Gasteiger partial charge on any atom is -0.307 e. The lowest BCUT2D eigenvalue weighted by atomic mass is 10.1. The quantitative estimate of drug-likeness (QED) is 0.754. The second-order valence-corrected chi connectivity index (χ2v) is 3.75. The molecule has 1 rings (SSSR count). The summed E-state index contributed by atoms with van der Waals surface area (Å²) in [5.74, 6) is 1.50. The van der Waals surface area contributed by atoms with Crippen LogP contribution < -0.4 is 5.32 Å². The van der Waals surface area contributed by atoms with Crippen molar-refractivity contribution in [2.24, 2.45) is 13.0 Å². The topological polar surface area (TPSA) is 42.7 Å². The number of aromatic nitrogens is 3. The highest BCUT2D eigenvalue weighted by Gasteiger charge is 2.06. The predicted octanol–water partition coefficient (Wildman–Crippen LogP) is 0.949. The summed E-state index contributed by atoms with van der Waals surface area (Å²) < 4.78 is 1.72. The maximum absolute atomic E-state index is 4.19. The molecule has 0 aliphatic carbocycles. The van der Waals surface area contributed by atoms with Gasteiger partial charge in [0.2, 0.25) is 0 Å². The zero-order valence-corrected chi connectivity index (χ0v) is 8.78.